The van der Waals surface area contributed by atoms with Gasteiger partial charge in [-0.3, -0.25) is 4.79 Å². The summed E-state index contributed by atoms with van der Waals surface area (Å²) in [5, 5.41) is 0. The average Bonchev–Trinajstić information content (AvgIpc) is 2.33. The van der Waals surface area contributed by atoms with Crippen molar-refractivity contribution in [3.63, 3.8) is 0 Å². The van der Waals surface area contributed by atoms with E-state index in [-0.39, 0.29) is 11.9 Å². The molecule has 0 saturated heterocycles. The van der Waals surface area contributed by atoms with Crippen LogP contribution in [0.5, 0.6) is 11.5 Å². The highest BCUT2D eigenvalue weighted by atomic mass is 16.5. The smallest absolute Gasteiger partial charge is 0.173 e. The third-order valence-corrected chi connectivity index (χ3v) is 2.84. The topological polar surface area (TPSA) is 35.5 Å². The number of para-hydroxylation sites is 2. The Morgan fingerprint density at radius 2 is 1.94 bits per heavy atom. The van der Waals surface area contributed by atoms with Gasteiger partial charge in [0.1, 0.15) is 0 Å². The highest BCUT2D eigenvalue weighted by molar-refractivity contribution is 5.84. The Hall–Kier alpha value is -1.51. The van der Waals surface area contributed by atoms with Crippen molar-refractivity contribution in [2.75, 3.05) is 7.11 Å². The number of carbonyl (C=O) groups is 1. The fourth-order valence-corrected chi connectivity index (χ4v) is 1.95. The molecule has 1 unspecified atom stereocenters. The molecule has 0 heterocycles. The van der Waals surface area contributed by atoms with Gasteiger partial charge < -0.3 is 9.47 Å². The quantitative estimate of drug-likeness (QED) is 0.785. The van der Waals surface area contributed by atoms with Gasteiger partial charge in [-0.1, -0.05) is 12.1 Å². The number of benzene rings is 1. The first kappa shape index (κ1) is 11.0. The van der Waals surface area contributed by atoms with E-state index in [2.05, 4.69) is 0 Å². The zero-order chi connectivity index (χ0) is 11.4. The van der Waals surface area contributed by atoms with Crippen molar-refractivity contribution in [1.29, 1.82) is 0 Å². The molecule has 3 nitrogen and oxygen atoms in total. The fraction of sp³-hybridized carbons (Fsp3) is 0.462. The van der Waals surface area contributed by atoms with Crippen molar-refractivity contribution in [3.8, 4) is 11.5 Å². The molecular formula is C13H16O3. The van der Waals surface area contributed by atoms with Crippen LogP contribution in [0, 0.1) is 0 Å². The summed E-state index contributed by atoms with van der Waals surface area (Å²) in [7, 11) is 1.60. The highest BCUT2D eigenvalue weighted by Gasteiger charge is 2.24. The normalized spacial score (nSPS) is 20.6. The van der Waals surface area contributed by atoms with Crippen LogP contribution in [0.1, 0.15) is 25.7 Å². The van der Waals surface area contributed by atoms with Crippen LogP contribution in [0.2, 0.25) is 0 Å². The lowest BCUT2D eigenvalue weighted by Crippen LogP contribution is -2.30. The summed E-state index contributed by atoms with van der Waals surface area (Å²) < 4.78 is 10.9. The van der Waals surface area contributed by atoms with Crippen LogP contribution >= 0.6 is 0 Å². The van der Waals surface area contributed by atoms with Crippen molar-refractivity contribution in [3.05, 3.63) is 24.3 Å². The molecule has 1 aromatic carbocycles. The monoisotopic (exact) mass is 220 g/mol. The minimum atomic E-state index is -0.287. The molecule has 0 amide bonds. The summed E-state index contributed by atoms with van der Waals surface area (Å²) in [5.74, 6) is 1.54. The molecule has 1 aliphatic rings. The molecule has 0 bridgehead atoms. The first-order chi connectivity index (χ1) is 7.81. The maximum Gasteiger partial charge on any atom is 0.173 e. The summed E-state index contributed by atoms with van der Waals surface area (Å²) in [6.07, 6.45) is 3.22. The maximum absolute atomic E-state index is 11.6. The van der Waals surface area contributed by atoms with Gasteiger partial charge in [0.25, 0.3) is 0 Å². The van der Waals surface area contributed by atoms with Crippen molar-refractivity contribution in [2.45, 2.75) is 31.8 Å². The molecule has 1 fully saturated rings. The van der Waals surface area contributed by atoms with Gasteiger partial charge in [0, 0.05) is 6.42 Å². The van der Waals surface area contributed by atoms with Gasteiger partial charge in [0.05, 0.1) is 7.11 Å². The SMILES string of the molecule is COc1ccccc1OC1CCCCC1=O. The van der Waals surface area contributed by atoms with Gasteiger partial charge in [-0.15, -0.1) is 0 Å². The van der Waals surface area contributed by atoms with Crippen molar-refractivity contribution < 1.29 is 14.3 Å². The molecule has 1 saturated carbocycles. The van der Waals surface area contributed by atoms with Crippen LogP contribution in [0.15, 0.2) is 24.3 Å². The van der Waals surface area contributed by atoms with Crippen LogP contribution in [0.4, 0.5) is 0 Å². The second kappa shape index (κ2) is 5.01. The lowest BCUT2D eigenvalue weighted by atomic mass is 9.96. The first-order valence-electron chi connectivity index (χ1n) is 5.63. The van der Waals surface area contributed by atoms with E-state index in [1.54, 1.807) is 7.11 Å². The molecule has 3 heteroatoms. The molecular weight excluding hydrogens is 204 g/mol. The van der Waals surface area contributed by atoms with Gasteiger partial charge in [-0.25, -0.2) is 0 Å². The summed E-state index contributed by atoms with van der Waals surface area (Å²) in [4.78, 5) is 11.6. The first-order valence-corrected chi connectivity index (χ1v) is 5.63. The van der Waals surface area contributed by atoms with E-state index >= 15 is 0 Å². The third-order valence-electron chi connectivity index (χ3n) is 2.84. The summed E-state index contributed by atoms with van der Waals surface area (Å²) in [6, 6.07) is 7.43. The molecule has 86 valence electrons. The number of hydrogen-bond donors (Lipinski definition) is 0. The number of methoxy groups -OCH3 is 1. The fourth-order valence-electron chi connectivity index (χ4n) is 1.95. The Balaban J connectivity index is 2.10. The Morgan fingerprint density at radius 3 is 2.62 bits per heavy atom. The summed E-state index contributed by atoms with van der Waals surface area (Å²) in [6.45, 7) is 0. The lowest BCUT2D eigenvalue weighted by molar-refractivity contribution is -0.127. The van der Waals surface area contributed by atoms with Crippen molar-refractivity contribution in [1.82, 2.24) is 0 Å². The van der Waals surface area contributed by atoms with E-state index < -0.39 is 0 Å². The van der Waals surface area contributed by atoms with Crippen molar-refractivity contribution in [2.24, 2.45) is 0 Å². The maximum atomic E-state index is 11.6. The Kier molecular flexibility index (Phi) is 3.44. The van der Waals surface area contributed by atoms with Gasteiger partial charge in [0.2, 0.25) is 0 Å². The van der Waals surface area contributed by atoms with E-state index in [1.165, 1.54) is 0 Å². The van der Waals surface area contributed by atoms with Crippen LogP contribution < -0.4 is 9.47 Å². The van der Waals surface area contributed by atoms with E-state index in [9.17, 15) is 4.79 Å². The number of ether oxygens (including phenoxy) is 2. The molecule has 16 heavy (non-hydrogen) atoms. The number of hydrogen-bond acceptors (Lipinski definition) is 3. The van der Waals surface area contributed by atoms with Crippen molar-refractivity contribution >= 4 is 5.78 Å². The number of ketones is 1. The standard InChI is InChI=1S/C13H16O3/c1-15-12-8-4-5-9-13(12)16-11-7-3-2-6-10(11)14/h4-5,8-9,11H,2-3,6-7H2,1H3. The van der Waals surface area contributed by atoms with Crippen LogP contribution in [0.3, 0.4) is 0 Å². The van der Waals surface area contributed by atoms with Crippen LogP contribution in [-0.2, 0) is 4.79 Å². The number of Topliss-reactive ketones (excluding diaryl/α,β-unsaturated/α-hetero) is 1. The Bertz CT molecular complexity index is 373. The third kappa shape index (κ3) is 2.35. The molecule has 1 aromatic rings. The van der Waals surface area contributed by atoms with E-state index in [0.717, 1.165) is 19.3 Å². The Morgan fingerprint density at radius 1 is 1.19 bits per heavy atom. The second-order valence-electron chi connectivity index (χ2n) is 3.97. The zero-order valence-corrected chi connectivity index (χ0v) is 9.44. The van der Waals surface area contributed by atoms with Crippen LogP contribution in [0.25, 0.3) is 0 Å². The van der Waals surface area contributed by atoms with Crippen LogP contribution in [-0.4, -0.2) is 19.0 Å². The molecule has 0 radical (unpaired) electrons. The van der Waals surface area contributed by atoms with Gasteiger partial charge in [0.15, 0.2) is 23.4 Å². The predicted octanol–water partition coefficient (Wildman–Crippen LogP) is 2.59. The molecule has 0 spiro atoms. The molecule has 0 aromatic heterocycles. The molecule has 0 N–H and O–H groups in total. The minimum absolute atomic E-state index is 0.206. The number of carbonyl (C=O) groups excluding carboxylic acids is 1. The van der Waals surface area contributed by atoms with E-state index in [1.807, 2.05) is 24.3 Å². The minimum Gasteiger partial charge on any atom is -0.493 e. The van der Waals surface area contributed by atoms with Gasteiger partial charge >= 0.3 is 0 Å². The summed E-state index contributed by atoms with van der Waals surface area (Å²) in [5.41, 5.74) is 0. The molecule has 1 aliphatic carbocycles. The molecule has 0 aliphatic heterocycles. The lowest BCUT2D eigenvalue weighted by Gasteiger charge is -2.22. The molecule has 2 rings (SSSR count). The van der Waals surface area contributed by atoms with Gasteiger partial charge in [-0.2, -0.15) is 0 Å². The van der Waals surface area contributed by atoms with Gasteiger partial charge in [-0.05, 0) is 31.4 Å². The summed E-state index contributed by atoms with van der Waals surface area (Å²) >= 11 is 0. The molecule has 1 atom stereocenters. The predicted molar refractivity (Wildman–Crippen MR) is 60.9 cm³/mol. The Labute approximate surface area is 95.4 Å². The largest absolute Gasteiger partial charge is 0.493 e. The average molecular weight is 220 g/mol. The van der Waals surface area contributed by atoms with E-state index in [4.69, 9.17) is 9.47 Å². The zero-order valence-electron chi connectivity index (χ0n) is 9.44. The van der Waals surface area contributed by atoms with E-state index in [0.29, 0.717) is 17.9 Å². The highest BCUT2D eigenvalue weighted by Crippen LogP contribution is 2.29. The second-order valence-corrected chi connectivity index (χ2v) is 3.97. The number of rotatable bonds is 3.